The van der Waals surface area contributed by atoms with Crippen LogP contribution in [0.25, 0.3) is 0 Å². The first kappa shape index (κ1) is 21.9. The molecule has 0 fully saturated rings. The van der Waals surface area contributed by atoms with Crippen LogP contribution in [0.3, 0.4) is 0 Å². The average molecular weight is 315 g/mol. The molecule has 0 rings (SSSR count). The van der Waals surface area contributed by atoms with Crippen molar-refractivity contribution in [3.63, 3.8) is 0 Å². The van der Waals surface area contributed by atoms with E-state index in [4.69, 9.17) is 0 Å². The molecular formula is C20H42O2. The van der Waals surface area contributed by atoms with Crippen LogP contribution in [0.2, 0.25) is 0 Å². The van der Waals surface area contributed by atoms with Crippen molar-refractivity contribution in [2.24, 2.45) is 0 Å². The summed E-state index contributed by atoms with van der Waals surface area (Å²) in [6.07, 6.45) is 19.1. The largest absolute Gasteiger partial charge is 0.393 e. The Balaban J connectivity index is 3.08. The lowest BCUT2D eigenvalue weighted by atomic mass is 10.0. The minimum Gasteiger partial charge on any atom is -0.393 e. The number of unbranched alkanes of at least 4 members (excludes halogenated alkanes) is 9. The molecule has 0 saturated carbocycles. The quantitative estimate of drug-likeness (QED) is 0.324. The van der Waals surface area contributed by atoms with Gasteiger partial charge in [0.25, 0.3) is 0 Å². The zero-order valence-electron chi connectivity index (χ0n) is 15.4. The Morgan fingerprint density at radius 3 is 1.00 bits per heavy atom. The highest BCUT2D eigenvalue weighted by Gasteiger charge is 2.02. The lowest BCUT2D eigenvalue weighted by molar-refractivity contribution is 0.149. The van der Waals surface area contributed by atoms with Gasteiger partial charge in [0.15, 0.2) is 0 Å². The second-order valence-corrected chi connectivity index (χ2v) is 7.00. The molecule has 2 heteroatoms. The second-order valence-electron chi connectivity index (χ2n) is 7.00. The molecule has 22 heavy (non-hydrogen) atoms. The molecule has 2 nitrogen and oxygen atoms in total. The van der Waals surface area contributed by atoms with Crippen molar-refractivity contribution in [1.29, 1.82) is 0 Å². The molecule has 0 aliphatic rings. The van der Waals surface area contributed by atoms with Crippen molar-refractivity contribution in [2.75, 3.05) is 0 Å². The van der Waals surface area contributed by atoms with Crippen LogP contribution in [-0.2, 0) is 0 Å². The maximum atomic E-state index is 9.64. The van der Waals surface area contributed by atoms with Gasteiger partial charge in [-0.3, -0.25) is 0 Å². The van der Waals surface area contributed by atoms with Gasteiger partial charge in [-0.1, -0.05) is 90.9 Å². The minimum atomic E-state index is -0.0548. The summed E-state index contributed by atoms with van der Waals surface area (Å²) in [5, 5.41) is 19.3. The second kappa shape index (κ2) is 17.3. The molecule has 0 aliphatic heterocycles. The number of rotatable bonds is 17. The number of aliphatic hydroxyl groups is 2. The van der Waals surface area contributed by atoms with Crippen LogP contribution in [0.5, 0.6) is 0 Å². The first-order valence-electron chi connectivity index (χ1n) is 10.1. The smallest absolute Gasteiger partial charge is 0.0540 e. The van der Waals surface area contributed by atoms with E-state index in [0.29, 0.717) is 0 Å². The summed E-state index contributed by atoms with van der Waals surface area (Å²) < 4.78 is 0. The Bertz CT molecular complexity index is 184. The molecule has 0 aliphatic carbocycles. The van der Waals surface area contributed by atoms with Gasteiger partial charge in [0, 0.05) is 0 Å². The fraction of sp³-hybridized carbons (Fsp3) is 1.00. The molecule has 0 radical (unpaired) electrons. The summed E-state index contributed by atoms with van der Waals surface area (Å²) in [5.41, 5.74) is 0. The summed E-state index contributed by atoms with van der Waals surface area (Å²) in [6, 6.07) is 0. The van der Waals surface area contributed by atoms with Crippen molar-refractivity contribution in [2.45, 2.75) is 129 Å². The van der Waals surface area contributed by atoms with Gasteiger partial charge in [0.1, 0.15) is 0 Å². The molecule has 2 atom stereocenters. The third kappa shape index (κ3) is 16.3. The zero-order valence-corrected chi connectivity index (χ0v) is 15.4. The summed E-state index contributed by atoms with van der Waals surface area (Å²) in [6.45, 7) is 4.27. The van der Waals surface area contributed by atoms with E-state index in [1.807, 2.05) is 0 Å². The third-order valence-electron chi connectivity index (χ3n) is 4.57. The van der Waals surface area contributed by atoms with E-state index in [0.717, 1.165) is 38.5 Å². The fourth-order valence-electron chi connectivity index (χ4n) is 3.13. The highest BCUT2D eigenvalue weighted by atomic mass is 16.3. The van der Waals surface area contributed by atoms with Gasteiger partial charge in [-0.25, -0.2) is 0 Å². The predicted molar refractivity (Wildman–Crippen MR) is 97.2 cm³/mol. The van der Waals surface area contributed by atoms with E-state index in [-0.39, 0.29) is 12.2 Å². The summed E-state index contributed by atoms with van der Waals surface area (Å²) in [4.78, 5) is 0. The number of hydrogen-bond donors (Lipinski definition) is 2. The Labute approximate surface area is 139 Å². The summed E-state index contributed by atoms with van der Waals surface area (Å²) >= 11 is 0. The van der Waals surface area contributed by atoms with Crippen LogP contribution in [0.4, 0.5) is 0 Å². The molecule has 0 bridgehead atoms. The first-order valence-corrected chi connectivity index (χ1v) is 10.1. The zero-order chi connectivity index (χ0) is 16.5. The van der Waals surface area contributed by atoms with Crippen LogP contribution in [0, 0.1) is 0 Å². The van der Waals surface area contributed by atoms with Gasteiger partial charge in [-0.2, -0.15) is 0 Å². The van der Waals surface area contributed by atoms with Crippen molar-refractivity contribution in [1.82, 2.24) is 0 Å². The molecule has 134 valence electrons. The number of aliphatic hydroxyl groups excluding tert-OH is 2. The Hall–Kier alpha value is -0.0800. The molecule has 0 aromatic carbocycles. The molecule has 0 aromatic heterocycles. The van der Waals surface area contributed by atoms with Gasteiger partial charge in [-0.15, -0.1) is 0 Å². The van der Waals surface area contributed by atoms with Gasteiger partial charge in [-0.05, 0) is 25.7 Å². The third-order valence-corrected chi connectivity index (χ3v) is 4.57. The molecule has 2 unspecified atom stereocenters. The van der Waals surface area contributed by atoms with Crippen molar-refractivity contribution >= 4 is 0 Å². The lowest BCUT2D eigenvalue weighted by Gasteiger charge is -2.09. The normalized spacial score (nSPS) is 14.2. The highest BCUT2D eigenvalue weighted by molar-refractivity contribution is 4.56. The van der Waals surface area contributed by atoms with Crippen molar-refractivity contribution < 1.29 is 10.2 Å². The molecular weight excluding hydrogens is 272 g/mol. The van der Waals surface area contributed by atoms with Gasteiger partial charge in [0.2, 0.25) is 0 Å². The average Bonchev–Trinajstić information content (AvgIpc) is 2.49. The van der Waals surface area contributed by atoms with Crippen LogP contribution in [0.15, 0.2) is 0 Å². The van der Waals surface area contributed by atoms with Crippen molar-refractivity contribution in [3.8, 4) is 0 Å². The highest BCUT2D eigenvalue weighted by Crippen LogP contribution is 2.14. The van der Waals surface area contributed by atoms with Crippen molar-refractivity contribution in [3.05, 3.63) is 0 Å². The molecule has 0 spiro atoms. The van der Waals surface area contributed by atoms with Crippen LogP contribution < -0.4 is 0 Å². The van der Waals surface area contributed by atoms with Gasteiger partial charge in [0.05, 0.1) is 12.2 Å². The van der Waals surface area contributed by atoms with Crippen LogP contribution in [0.1, 0.15) is 117 Å². The van der Waals surface area contributed by atoms with Crippen LogP contribution >= 0.6 is 0 Å². The maximum Gasteiger partial charge on any atom is 0.0540 e. The van der Waals surface area contributed by atoms with E-state index in [1.54, 1.807) is 0 Å². The van der Waals surface area contributed by atoms with E-state index in [2.05, 4.69) is 13.8 Å². The summed E-state index contributed by atoms with van der Waals surface area (Å²) in [7, 11) is 0. The Kier molecular flexibility index (Phi) is 17.2. The van der Waals surface area contributed by atoms with E-state index in [1.165, 1.54) is 64.2 Å². The lowest BCUT2D eigenvalue weighted by Crippen LogP contribution is -2.05. The molecule has 0 aromatic rings. The minimum absolute atomic E-state index is 0.0548. The fourth-order valence-corrected chi connectivity index (χ4v) is 3.13. The topological polar surface area (TPSA) is 40.5 Å². The molecule has 0 amide bonds. The SMILES string of the molecule is CCCC(O)CCCCCCCCCCCCC(O)CCC. The van der Waals surface area contributed by atoms with E-state index < -0.39 is 0 Å². The Morgan fingerprint density at radius 1 is 0.455 bits per heavy atom. The molecule has 0 heterocycles. The number of hydrogen-bond acceptors (Lipinski definition) is 2. The molecule has 2 N–H and O–H groups in total. The van der Waals surface area contributed by atoms with Crippen LogP contribution in [-0.4, -0.2) is 22.4 Å². The Morgan fingerprint density at radius 2 is 0.727 bits per heavy atom. The van der Waals surface area contributed by atoms with E-state index >= 15 is 0 Å². The maximum absolute atomic E-state index is 9.64. The standard InChI is InChI=1S/C20H42O2/c1-3-15-19(21)17-13-11-9-7-5-6-8-10-12-14-18-20(22)16-4-2/h19-22H,3-18H2,1-2H3. The predicted octanol–water partition coefficient (Wildman–Crippen LogP) is 5.99. The van der Waals surface area contributed by atoms with Gasteiger partial charge >= 0.3 is 0 Å². The van der Waals surface area contributed by atoms with Gasteiger partial charge < -0.3 is 10.2 Å². The monoisotopic (exact) mass is 314 g/mol. The van der Waals surface area contributed by atoms with E-state index in [9.17, 15) is 10.2 Å². The first-order chi connectivity index (χ1) is 10.7. The summed E-state index contributed by atoms with van der Waals surface area (Å²) in [5.74, 6) is 0. The molecule has 0 saturated heterocycles.